The minimum Gasteiger partial charge on any atom is -0.378 e. The van der Waals surface area contributed by atoms with Crippen LogP contribution in [0.15, 0.2) is 47.6 Å². The number of aryl methyl sites for hydroxylation is 1. The number of carbonyl (C=O) groups excluding carboxylic acids is 1. The lowest BCUT2D eigenvalue weighted by Gasteiger charge is -2.25. The lowest BCUT2D eigenvalue weighted by atomic mass is 10.0. The highest BCUT2D eigenvalue weighted by Crippen LogP contribution is 2.26. The van der Waals surface area contributed by atoms with Gasteiger partial charge in [0.2, 0.25) is 0 Å². The van der Waals surface area contributed by atoms with Crippen molar-refractivity contribution in [1.29, 1.82) is 0 Å². The summed E-state index contributed by atoms with van der Waals surface area (Å²) < 4.78 is 5.38. The number of benzene rings is 2. The van der Waals surface area contributed by atoms with E-state index in [1.54, 1.807) is 0 Å². The van der Waals surface area contributed by atoms with Crippen molar-refractivity contribution in [2.45, 2.75) is 13.8 Å². The second kappa shape index (κ2) is 8.08. The average Bonchev–Trinajstić information content (AvgIpc) is 3.14. The van der Waals surface area contributed by atoms with Gasteiger partial charge < -0.3 is 9.64 Å². The Morgan fingerprint density at radius 3 is 2.75 bits per heavy atom. The van der Waals surface area contributed by atoms with Crippen molar-refractivity contribution in [2.75, 3.05) is 31.2 Å². The third-order valence-electron chi connectivity index (χ3n) is 4.78. The smallest absolute Gasteiger partial charge is 0.283 e. The maximum absolute atomic E-state index is 12.7. The van der Waals surface area contributed by atoms with E-state index < -0.39 is 0 Å². The van der Waals surface area contributed by atoms with Crippen molar-refractivity contribution in [1.82, 2.24) is 10.4 Å². The first-order valence-corrected chi connectivity index (χ1v) is 10.1. The summed E-state index contributed by atoms with van der Waals surface area (Å²) in [4.78, 5) is 20.0. The summed E-state index contributed by atoms with van der Waals surface area (Å²) in [6.07, 6.45) is 0. The number of nitrogens with one attached hydrogen (secondary N) is 1. The Labute approximate surface area is 167 Å². The van der Waals surface area contributed by atoms with Crippen LogP contribution in [0.3, 0.4) is 0 Å². The Kier molecular flexibility index (Phi) is 5.36. The van der Waals surface area contributed by atoms with E-state index in [2.05, 4.69) is 38.6 Å². The molecule has 1 saturated heterocycles. The van der Waals surface area contributed by atoms with Crippen molar-refractivity contribution in [3.8, 4) is 0 Å². The van der Waals surface area contributed by atoms with E-state index in [4.69, 9.17) is 4.74 Å². The summed E-state index contributed by atoms with van der Waals surface area (Å²) in [5.41, 5.74) is 5.19. The third-order valence-corrected chi connectivity index (χ3v) is 5.99. The number of amides is 1. The molecule has 2 heterocycles. The molecule has 1 aliphatic heterocycles. The largest absolute Gasteiger partial charge is 0.378 e. The molecule has 0 spiro atoms. The molecule has 0 aliphatic carbocycles. The Morgan fingerprint density at radius 2 is 1.93 bits per heavy atom. The van der Waals surface area contributed by atoms with Crippen LogP contribution in [0.2, 0.25) is 0 Å². The van der Waals surface area contributed by atoms with Gasteiger partial charge in [-0.05, 0) is 24.6 Å². The molecule has 144 valence electrons. The molecule has 0 unspecified atom stereocenters. The highest BCUT2D eigenvalue weighted by molar-refractivity contribution is 7.17. The SMILES string of the molecule is C/C(=N\NC(=O)c1sc(N2CCOCC2)nc1C)c1cccc2ccccc12. The highest BCUT2D eigenvalue weighted by Gasteiger charge is 2.20. The zero-order chi connectivity index (χ0) is 19.5. The van der Waals surface area contributed by atoms with E-state index >= 15 is 0 Å². The summed E-state index contributed by atoms with van der Waals surface area (Å²) in [6, 6.07) is 14.2. The van der Waals surface area contributed by atoms with Gasteiger partial charge in [0.05, 0.1) is 24.6 Å². The normalized spacial score (nSPS) is 15.1. The fourth-order valence-electron chi connectivity index (χ4n) is 3.27. The minimum atomic E-state index is -0.228. The number of anilines is 1. The second-order valence-electron chi connectivity index (χ2n) is 6.68. The van der Waals surface area contributed by atoms with Crippen LogP contribution in [-0.4, -0.2) is 42.9 Å². The van der Waals surface area contributed by atoms with Gasteiger partial charge in [0.25, 0.3) is 5.91 Å². The molecular weight excluding hydrogens is 372 g/mol. The number of hydrazone groups is 1. The molecule has 4 rings (SSSR count). The molecule has 2 aromatic carbocycles. The molecular formula is C21H22N4O2S. The van der Waals surface area contributed by atoms with Gasteiger partial charge in [-0.2, -0.15) is 5.10 Å². The number of thiazole rings is 1. The quantitative estimate of drug-likeness (QED) is 0.542. The van der Waals surface area contributed by atoms with Gasteiger partial charge in [-0.1, -0.05) is 53.8 Å². The average molecular weight is 395 g/mol. The van der Waals surface area contributed by atoms with E-state index in [0.717, 1.165) is 46.0 Å². The molecule has 1 aromatic heterocycles. The van der Waals surface area contributed by atoms with Crippen molar-refractivity contribution in [3.63, 3.8) is 0 Å². The van der Waals surface area contributed by atoms with E-state index in [1.807, 2.05) is 38.1 Å². The molecule has 7 heteroatoms. The standard InChI is InChI=1S/C21H22N4O2S/c1-14(17-9-5-7-16-6-3-4-8-18(16)17)23-24-20(26)19-15(2)22-21(28-19)25-10-12-27-13-11-25/h3-9H,10-13H2,1-2H3,(H,24,26)/b23-14+. The monoisotopic (exact) mass is 394 g/mol. The van der Waals surface area contributed by atoms with Gasteiger partial charge in [0.1, 0.15) is 4.88 Å². The van der Waals surface area contributed by atoms with Gasteiger partial charge >= 0.3 is 0 Å². The molecule has 0 bridgehead atoms. The molecule has 3 aromatic rings. The summed E-state index contributed by atoms with van der Waals surface area (Å²) in [5, 5.41) is 7.47. The number of aromatic nitrogens is 1. The highest BCUT2D eigenvalue weighted by atomic mass is 32.1. The van der Waals surface area contributed by atoms with E-state index in [9.17, 15) is 4.79 Å². The van der Waals surface area contributed by atoms with Gasteiger partial charge in [0.15, 0.2) is 5.13 Å². The lowest BCUT2D eigenvalue weighted by molar-refractivity contribution is 0.0958. The summed E-state index contributed by atoms with van der Waals surface area (Å²) in [6.45, 7) is 6.74. The first-order chi connectivity index (χ1) is 13.6. The Morgan fingerprint density at radius 1 is 1.18 bits per heavy atom. The molecule has 0 saturated carbocycles. The Hall–Kier alpha value is -2.77. The van der Waals surface area contributed by atoms with Crippen molar-refractivity contribution in [2.24, 2.45) is 5.10 Å². The van der Waals surface area contributed by atoms with Gasteiger partial charge in [0, 0.05) is 18.7 Å². The minimum absolute atomic E-state index is 0.228. The summed E-state index contributed by atoms with van der Waals surface area (Å²) >= 11 is 1.40. The number of rotatable bonds is 4. The molecule has 28 heavy (non-hydrogen) atoms. The van der Waals surface area contributed by atoms with Gasteiger partial charge in [-0.15, -0.1) is 0 Å². The number of morpholine rings is 1. The van der Waals surface area contributed by atoms with Crippen molar-refractivity contribution < 1.29 is 9.53 Å². The van der Waals surface area contributed by atoms with Gasteiger partial charge in [-0.3, -0.25) is 4.79 Å². The van der Waals surface area contributed by atoms with Crippen molar-refractivity contribution >= 4 is 38.9 Å². The Bertz CT molecular complexity index is 1030. The molecule has 1 fully saturated rings. The van der Waals surface area contributed by atoms with Crippen LogP contribution in [0.4, 0.5) is 5.13 Å². The summed E-state index contributed by atoms with van der Waals surface area (Å²) in [5.74, 6) is -0.228. The first-order valence-electron chi connectivity index (χ1n) is 9.26. The van der Waals surface area contributed by atoms with Crippen LogP contribution in [0.5, 0.6) is 0 Å². The van der Waals surface area contributed by atoms with Crippen LogP contribution in [-0.2, 0) is 4.74 Å². The lowest BCUT2D eigenvalue weighted by Crippen LogP contribution is -2.36. The maximum atomic E-state index is 12.7. The second-order valence-corrected chi connectivity index (χ2v) is 7.65. The van der Waals surface area contributed by atoms with E-state index in [0.29, 0.717) is 18.1 Å². The number of nitrogens with zero attached hydrogens (tertiary/aromatic N) is 3. The fourth-order valence-corrected chi connectivity index (χ4v) is 4.28. The van der Waals surface area contributed by atoms with Crippen LogP contribution in [0.1, 0.15) is 27.9 Å². The van der Waals surface area contributed by atoms with Crippen molar-refractivity contribution in [3.05, 3.63) is 58.6 Å². The molecule has 1 amide bonds. The zero-order valence-corrected chi connectivity index (χ0v) is 16.8. The maximum Gasteiger partial charge on any atom is 0.283 e. The van der Waals surface area contributed by atoms with Crippen LogP contribution in [0.25, 0.3) is 10.8 Å². The molecule has 6 nitrogen and oxygen atoms in total. The topological polar surface area (TPSA) is 66.8 Å². The number of hydrogen-bond acceptors (Lipinski definition) is 6. The number of fused-ring (bicyclic) bond motifs is 1. The number of carbonyl (C=O) groups is 1. The van der Waals surface area contributed by atoms with E-state index in [-0.39, 0.29) is 5.91 Å². The third kappa shape index (κ3) is 3.76. The van der Waals surface area contributed by atoms with Crippen LogP contribution in [0, 0.1) is 6.92 Å². The van der Waals surface area contributed by atoms with Crippen LogP contribution < -0.4 is 10.3 Å². The zero-order valence-electron chi connectivity index (χ0n) is 15.9. The predicted octanol–water partition coefficient (Wildman–Crippen LogP) is 3.60. The van der Waals surface area contributed by atoms with Gasteiger partial charge in [-0.25, -0.2) is 10.4 Å². The number of ether oxygens (including phenoxy) is 1. The molecule has 1 N–H and O–H groups in total. The first kappa shape index (κ1) is 18.6. The fraction of sp³-hybridized carbons (Fsp3) is 0.286. The molecule has 0 atom stereocenters. The van der Waals surface area contributed by atoms with E-state index in [1.165, 1.54) is 11.3 Å². The molecule has 0 radical (unpaired) electrons. The van der Waals surface area contributed by atoms with Crippen LogP contribution >= 0.6 is 11.3 Å². The Balaban J connectivity index is 1.52. The molecule has 1 aliphatic rings. The number of hydrogen-bond donors (Lipinski definition) is 1. The predicted molar refractivity (Wildman–Crippen MR) is 114 cm³/mol. The summed E-state index contributed by atoms with van der Waals surface area (Å²) in [7, 11) is 0.